The summed E-state index contributed by atoms with van der Waals surface area (Å²) < 4.78 is 22.8. The van der Waals surface area contributed by atoms with E-state index in [4.69, 9.17) is 0 Å². The van der Waals surface area contributed by atoms with E-state index in [1.54, 1.807) is 13.8 Å². The normalized spacial score (nSPS) is 22.7. The molecule has 0 spiro atoms. The van der Waals surface area contributed by atoms with Crippen molar-refractivity contribution in [3.8, 4) is 0 Å². The van der Waals surface area contributed by atoms with Crippen LogP contribution in [0, 0.1) is 11.8 Å². The van der Waals surface area contributed by atoms with Crippen molar-refractivity contribution in [3.05, 3.63) is 0 Å². The second kappa shape index (κ2) is 10.2. The first-order valence-electron chi connectivity index (χ1n) is 8.76. The van der Waals surface area contributed by atoms with Crippen molar-refractivity contribution < 1.29 is 8.42 Å². The van der Waals surface area contributed by atoms with Gasteiger partial charge in [-0.15, -0.1) is 24.0 Å². The molecule has 144 valence electrons. The smallest absolute Gasteiger partial charge is 0.193 e. The number of rotatable bonds is 6. The Bertz CT molecular complexity index is 498. The van der Waals surface area contributed by atoms with E-state index in [2.05, 4.69) is 22.1 Å². The van der Waals surface area contributed by atoms with Gasteiger partial charge in [-0.1, -0.05) is 19.8 Å². The zero-order valence-electron chi connectivity index (χ0n) is 16.1. The molecule has 0 unspecified atom stereocenters. The van der Waals surface area contributed by atoms with Crippen molar-refractivity contribution in [1.82, 2.24) is 10.2 Å². The van der Waals surface area contributed by atoms with E-state index >= 15 is 0 Å². The number of nitrogens with zero attached hydrogens (tertiary/aromatic N) is 2. The van der Waals surface area contributed by atoms with Crippen LogP contribution >= 0.6 is 24.0 Å². The van der Waals surface area contributed by atoms with Crippen LogP contribution in [0.4, 0.5) is 0 Å². The van der Waals surface area contributed by atoms with Gasteiger partial charge in [0.2, 0.25) is 0 Å². The van der Waals surface area contributed by atoms with Crippen molar-refractivity contribution in [1.29, 1.82) is 0 Å². The first-order chi connectivity index (χ1) is 10.6. The van der Waals surface area contributed by atoms with Gasteiger partial charge >= 0.3 is 0 Å². The highest BCUT2D eigenvalue weighted by molar-refractivity contribution is 14.0. The lowest BCUT2D eigenvalue weighted by Gasteiger charge is -2.31. The number of sulfone groups is 1. The van der Waals surface area contributed by atoms with Gasteiger partial charge in [-0.25, -0.2) is 8.42 Å². The fraction of sp³-hybridized carbons (Fsp3) is 0.941. The highest BCUT2D eigenvalue weighted by atomic mass is 127. The average Bonchev–Trinajstić information content (AvgIpc) is 2.44. The lowest BCUT2D eigenvalue weighted by atomic mass is 9.83. The Morgan fingerprint density at radius 2 is 1.79 bits per heavy atom. The largest absolute Gasteiger partial charge is 0.357 e. The van der Waals surface area contributed by atoms with Gasteiger partial charge < -0.3 is 10.2 Å². The summed E-state index contributed by atoms with van der Waals surface area (Å²) in [7, 11) is -1.08. The van der Waals surface area contributed by atoms with Crippen molar-refractivity contribution in [2.45, 2.75) is 58.1 Å². The summed E-state index contributed by atoms with van der Waals surface area (Å²) in [6, 6.07) is 0. The van der Waals surface area contributed by atoms with Gasteiger partial charge in [-0.05, 0) is 45.4 Å². The van der Waals surface area contributed by atoms with Crippen LogP contribution in [0.2, 0.25) is 0 Å². The van der Waals surface area contributed by atoms with Crippen LogP contribution in [0.25, 0.3) is 0 Å². The molecule has 7 heteroatoms. The topological polar surface area (TPSA) is 61.8 Å². The van der Waals surface area contributed by atoms with Crippen molar-refractivity contribution >= 4 is 39.8 Å². The van der Waals surface area contributed by atoms with Gasteiger partial charge in [-0.3, -0.25) is 4.99 Å². The minimum Gasteiger partial charge on any atom is -0.357 e. The molecule has 1 aliphatic carbocycles. The third-order valence-electron chi connectivity index (χ3n) is 4.98. The molecule has 0 aromatic carbocycles. The third kappa shape index (κ3) is 7.45. The van der Waals surface area contributed by atoms with Crippen LogP contribution in [0.5, 0.6) is 0 Å². The molecule has 1 aliphatic rings. The predicted molar refractivity (Wildman–Crippen MR) is 114 cm³/mol. The Morgan fingerprint density at radius 1 is 1.25 bits per heavy atom. The van der Waals surface area contributed by atoms with Crippen LogP contribution in [0.15, 0.2) is 4.99 Å². The molecule has 0 saturated heterocycles. The zero-order valence-corrected chi connectivity index (χ0v) is 19.3. The number of nitrogens with one attached hydrogen (secondary N) is 1. The molecular formula is C17H36IN3O2S. The molecule has 0 amide bonds. The molecule has 0 atom stereocenters. The van der Waals surface area contributed by atoms with Crippen molar-refractivity contribution in [2.24, 2.45) is 16.8 Å². The summed E-state index contributed by atoms with van der Waals surface area (Å²) in [5.74, 6) is 2.37. The Hall–Kier alpha value is -0.0500. The first-order valence-corrected chi connectivity index (χ1v) is 10.6. The minimum atomic E-state index is -3.13. The number of hydrogen-bond acceptors (Lipinski definition) is 3. The molecule has 0 aliphatic heterocycles. The second-order valence-electron chi connectivity index (χ2n) is 7.71. The first kappa shape index (κ1) is 23.9. The van der Waals surface area contributed by atoms with E-state index in [0.717, 1.165) is 25.0 Å². The SMILES string of the molecule is CCNC(=NCC(C)(C)S(C)(=O)=O)N(C)CC1CCC(C)CC1.I. The molecular weight excluding hydrogens is 437 g/mol. The van der Waals surface area contributed by atoms with Gasteiger partial charge in [-0.2, -0.15) is 0 Å². The van der Waals surface area contributed by atoms with Crippen LogP contribution in [-0.4, -0.2) is 57.0 Å². The fourth-order valence-electron chi connectivity index (χ4n) is 2.84. The van der Waals surface area contributed by atoms with Crippen LogP contribution in [0.1, 0.15) is 53.4 Å². The van der Waals surface area contributed by atoms with Gasteiger partial charge in [0.25, 0.3) is 0 Å². The van der Waals surface area contributed by atoms with Crippen LogP contribution < -0.4 is 5.32 Å². The molecule has 0 radical (unpaired) electrons. The van der Waals surface area contributed by atoms with Gasteiger partial charge in [0.05, 0.1) is 11.3 Å². The lowest BCUT2D eigenvalue weighted by Crippen LogP contribution is -2.43. The van der Waals surface area contributed by atoms with E-state index in [0.29, 0.717) is 5.92 Å². The molecule has 24 heavy (non-hydrogen) atoms. The number of aliphatic imine (C=N–C) groups is 1. The van der Waals surface area contributed by atoms with Crippen molar-refractivity contribution in [2.75, 3.05) is 32.9 Å². The van der Waals surface area contributed by atoms with E-state index in [1.807, 2.05) is 14.0 Å². The fourth-order valence-corrected chi connectivity index (χ4v) is 3.14. The molecule has 1 fully saturated rings. The van der Waals surface area contributed by atoms with E-state index < -0.39 is 14.6 Å². The molecule has 1 rings (SSSR count). The quantitative estimate of drug-likeness (QED) is 0.366. The summed E-state index contributed by atoms with van der Waals surface area (Å²) >= 11 is 0. The molecule has 5 nitrogen and oxygen atoms in total. The predicted octanol–water partition coefficient (Wildman–Crippen LogP) is 3.15. The highest BCUT2D eigenvalue weighted by Crippen LogP contribution is 2.28. The average molecular weight is 473 g/mol. The lowest BCUT2D eigenvalue weighted by molar-refractivity contribution is 0.250. The van der Waals surface area contributed by atoms with Crippen LogP contribution in [-0.2, 0) is 9.84 Å². The number of guanidine groups is 1. The maximum Gasteiger partial charge on any atom is 0.193 e. The second-order valence-corrected chi connectivity index (χ2v) is 10.4. The molecule has 0 aromatic heterocycles. The Balaban J connectivity index is 0.00000529. The number of halogens is 1. The standard InChI is InChI=1S/C17H35N3O2S.HI/c1-7-18-16(19-13-17(3,4)23(6,21)22)20(5)12-15-10-8-14(2)9-11-15;/h14-15H,7-13H2,1-6H3,(H,18,19);1H. The summed E-state index contributed by atoms with van der Waals surface area (Å²) in [6.45, 7) is 9.88. The Morgan fingerprint density at radius 3 is 2.25 bits per heavy atom. The minimum absolute atomic E-state index is 0. The zero-order chi connectivity index (χ0) is 17.7. The molecule has 1 saturated carbocycles. The maximum atomic E-state index is 11.8. The van der Waals surface area contributed by atoms with E-state index in [9.17, 15) is 8.42 Å². The molecule has 0 aromatic rings. The van der Waals surface area contributed by atoms with Gasteiger partial charge in [0.15, 0.2) is 15.8 Å². The monoisotopic (exact) mass is 473 g/mol. The summed E-state index contributed by atoms with van der Waals surface area (Å²) in [6.07, 6.45) is 6.46. The number of hydrogen-bond donors (Lipinski definition) is 1. The highest BCUT2D eigenvalue weighted by Gasteiger charge is 2.30. The maximum absolute atomic E-state index is 11.8. The summed E-state index contributed by atoms with van der Waals surface area (Å²) in [5.41, 5.74) is 0. The van der Waals surface area contributed by atoms with E-state index in [-0.39, 0.29) is 30.5 Å². The Kier molecular flexibility index (Phi) is 10.2. The summed E-state index contributed by atoms with van der Waals surface area (Å²) in [4.78, 5) is 6.74. The van der Waals surface area contributed by atoms with Gasteiger partial charge in [0, 0.05) is 26.4 Å². The van der Waals surface area contributed by atoms with E-state index in [1.165, 1.54) is 31.9 Å². The third-order valence-corrected chi connectivity index (χ3v) is 7.11. The Labute approximate surface area is 166 Å². The van der Waals surface area contributed by atoms with Crippen LogP contribution in [0.3, 0.4) is 0 Å². The molecule has 1 N–H and O–H groups in total. The summed E-state index contributed by atoms with van der Waals surface area (Å²) in [5, 5.41) is 3.29. The van der Waals surface area contributed by atoms with Crippen molar-refractivity contribution in [3.63, 3.8) is 0 Å². The molecule has 0 heterocycles. The molecule has 0 bridgehead atoms. The van der Waals surface area contributed by atoms with Gasteiger partial charge in [0.1, 0.15) is 0 Å².